The molecule has 1 N–H and O–H groups in total. The van der Waals surface area contributed by atoms with Gasteiger partial charge in [-0.25, -0.2) is 4.98 Å². The molecule has 1 unspecified atom stereocenters. The third kappa shape index (κ3) is 2.87. The highest BCUT2D eigenvalue weighted by Gasteiger charge is 2.25. The van der Waals surface area contributed by atoms with E-state index in [9.17, 15) is 0 Å². The molecule has 1 aliphatic heterocycles. The lowest BCUT2D eigenvalue weighted by Gasteiger charge is -2.31. The van der Waals surface area contributed by atoms with Crippen molar-refractivity contribution in [2.45, 2.75) is 39.2 Å². The first kappa shape index (κ1) is 12.6. The molecule has 96 valence electrons. The molecule has 0 radical (unpaired) electrons. The second-order valence-electron chi connectivity index (χ2n) is 5.77. The topological polar surface area (TPSA) is 41.3 Å². The van der Waals surface area contributed by atoms with E-state index in [1.165, 1.54) is 0 Å². The lowest BCUT2D eigenvalue weighted by Crippen LogP contribution is -2.44. The maximum Gasteiger partial charge on any atom is 0.211 e. The molecule has 1 atom stereocenters. The lowest BCUT2D eigenvalue weighted by molar-refractivity contribution is 0.159. The Bertz CT molecular complexity index is 361. The zero-order valence-corrected chi connectivity index (χ0v) is 11.3. The molecule has 2 rings (SSSR count). The number of piperazine rings is 1. The van der Waals surface area contributed by atoms with Crippen LogP contribution in [0.25, 0.3) is 0 Å². The van der Waals surface area contributed by atoms with E-state index in [1.54, 1.807) is 0 Å². The minimum atomic E-state index is 0.0361. The monoisotopic (exact) mass is 237 g/mol. The minimum absolute atomic E-state index is 0.0361. The quantitative estimate of drug-likeness (QED) is 0.853. The molecule has 0 spiro atoms. The van der Waals surface area contributed by atoms with Crippen molar-refractivity contribution in [2.24, 2.45) is 0 Å². The predicted octanol–water partition coefficient (Wildman–Crippen LogP) is 1.94. The molecule has 4 nitrogen and oxygen atoms in total. The molecule has 1 aliphatic rings. The van der Waals surface area contributed by atoms with Gasteiger partial charge in [-0.1, -0.05) is 20.8 Å². The van der Waals surface area contributed by atoms with Crippen LogP contribution in [0.5, 0.6) is 0 Å². The average molecular weight is 237 g/mol. The van der Waals surface area contributed by atoms with Crippen LogP contribution in [0.15, 0.2) is 10.6 Å². The molecule has 4 heteroatoms. The van der Waals surface area contributed by atoms with Gasteiger partial charge in [-0.05, 0) is 6.92 Å². The van der Waals surface area contributed by atoms with E-state index in [-0.39, 0.29) is 11.5 Å². The van der Waals surface area contributed by atoms with Gasteiger partial charge in [0.2, 0.25) is 5.89 Å². The first-order valence-corrected chi connectivity index (χ1v) is 6.39. The maximum absolute atomic E-state index is 5.89. The molecule has 17 heavy (non-hydrogen) atoms. The molecular weight excluding hydrogens is 214 g/mol. The number of aromatic nitrogens is 1. The van der Waals surface area contributed by atoms with Crippen molar-refractivity contribution in [2.75, 3.05) is 26.2 Å². The minimum Gasteiger partial charge on any atom is -0.443 e. The number of rotatable bonds is 2. The summed E-state index contributed by atoms with van der Waals surface area (Å²) in [5.41, 5.74) is 0.0361. The van der Waals surface area contributed by atoms with E-state index in [0.29, 0.717) is 0 Å². The Morgan fingerprint density at radius 2 is 2.00 bits per heavy atom. The highest BCUT2D eigenvalue weighted by atomic mass is 16.4. The van der Waals surface area contributed by atoms with E-state index in [2.05, 4.69) is 42.9 Å². The highest BCUT2D eigenvalue weighted by molar-refractivity contribution is 5.07. The van der Waals surface area contributed by atoms with E-state index in [4.69, 9.17) is 4.42 Å². The van der Waals surface area contributed by atoms with Gasteiger partial charge in [-0.3, -0.25) is 4.90 Å². The van der Waals surface area contributed by atoms with E-state index in [0.717, 1.165) is 37.8 Å². The molecule has 1 aromatic rings. The smallest absolute Gasteiger partial charge is 0.211 e. The Balaban J connectivity index is 2.08. The number of hydrogen-bond acceptors (Lipinski definition) is 4. The molecule has 0 aliphatic carbocycles. The van der Waals surface area contributed by atoms with Crippen molar-refractivity contribution in [1.82, 2.24) is 15.2 Å². The summed E-state index contributed by atoms with van der Waals surface area (Å²) in [5.74, 6) is 1.81. The summed E-state index contributed by atoms with van der Waals surface area (Å²) in [5, 5.41) is 3.36. The average Bonchev–Trinajstić information content (AvgIpc) is 2.78. The second kappa shape index (κ2) is 4.78. The summed E-state index contributed by atoms with van der Waals surface area (Å²) < 4.78 is 5.89. The summed E-state index contributed by atoms with van der Waals surface area (Å²) in [6.45, 7) is 12.8. The van der Waals surface area contributed by atoms with E-state index < -0.39 is 0 Å². The third-order valence-electron chi connectivity index (χ3n) is 3.32. The fourth-order valence-corrected chi connectivity index (χ4v) is 2.05. The molecule has 0 saturated carbocycles. The number of oxazole rings is 1. The van der Waals surface area contributed by atoms with Gasteiger partial charge < -0.3 is 9.73 Å². The van der Waals surface area contributed by atoms with Gasteiger partial charge in [-0.15, -0.1) is 0 Å². The highest BCUT2D eigenvalue weighted by Crippen LogP contribution is 2.27. The van der Waals surface area contributed by atoms with Crippen LogP contribution in [0.4, 0.5) is 0 Å². The van der Waals surface area contributed by atoms with Crippen molar-refractivity contribution in [3.63, 3.8) is 0 Å². The zero-order chi connectivity index (χ0) is 12.5. The van der Waals surface area contributed by atoms with Gasteiger partial charge in [0.05, 0.1) is 12.2 Å². The van der Waals surface area contributed by atoms with Crippen molar-refractivity contribution >= 4 is 0 Å². The Labute approximate surface area is 103 Å². The van der Waals surface area contributed by atoms with Gasteiger partial charge in [0, 0.05) is 31.6 Å². The number of hydrogen-bond donors (Lipinski definition) is 1. The normalized spacial score (nSPS) is 20.5. The summed E-state index contributed by atoms with van der Waals surface area (Å²) in [7, 11) is 0. The lowest BCUT2D eigenvalue weighted by atomic mass is 9.94. The van der Waals surface area contributed by atoms with Crippen LogP contribution < -0.4 is 5.32 Å². The van der Waals surface area contributed by atoms with Crippen molar-refractivity contribution in [1.29, 1.82) is 0 Å². The maximum atomic E-state index is 5.89. The van der Waals surface area contributed by atoms with Crippen LogP contribution in [0.1, 0.15) is 45.4 Å². The van der Waals surface area contributed by atoms with Crippen LogP contribution >= 0.6 is 0 Å². The Morgan fingerprint density at radius 1 is 1.35 bits per heavy atom. The Morgan fingerprint density at radius 3 is 2.53 bits per heavy atom. The molecule has 0 amide bonds. The molecule has 0 bridgehead atoms. The number of nitrogens with zero attached hydrogens (tertiary/aromatic N) is 2. The predicted molar refractivity (Wildman–Crippen MR) is 68.1 cm³/mol. The summed E-state index contributed by atoms with van der Waals surface area (Å²) >= 11 is 0. The van der Waals surface area contributed by atoms with Gasteiger partial charge >= 0.3 is 0 Å². The Kier molecular flexibility index (Phi) is 3.54. The molecule has 2 heterocycles. The molecule has 1 saturated heterocycles. The second-order valence-corrected chi connectivity index (χ2v) is 5.77. The largest absolute Gasteiger partial charge is 0.443 e. The third-order valence-corrected chi connectivity index (χ3v) is 3.32. The first-order chi connectivity index (χ1) is 7.98. The fraction of sp³-hybridized carbons (Fsp3) is 0.769. The van der Waals surface area contributed by atoms with Crippen LogP contribution in [-0.2, 0) is 5.41 Å². The van der Waals surface area contributed by atoms with Gasteiger partial charge in [0.1, 0.15) is 5.76 Å². The zero-order valence-electron chi connectivity index (χ0n) is 11.3. The number of nitrogens with one attached hydrogen (secondary N) is 1. The SMILES string of the molecule is CC(c1ncc(C(C)(C)C)o1)N1CCNCC1. The molecule has 1 fully saturated rings. The Hall–Kier alpha value is -0.870. The van der Waals surface area contributed by atoms with Crippen molar-refractivity contribution < 1.29 is 4.42 Å². The first-order valence-electron chi connectivity index (χ1n) is 6.39. The van der Waals surface area contributed by atoms with Gasteiger partial charge in [0.15, 0.2) is 0 Å². The van der Waals surface area contributed by atoms with Crippen molar-refractivity contribution in [3.8, 4) is 0 Å². The van der Waals surface area contributed by atoms with Gasteiger partial charge in [0.25, 0.3) is 0 Å². The molecule has 0 aromatic carbocycles. The van der Waals surface area contributed by atoms with Crippen LogP contribution in [0, 0.1) is 0 Å². The summed E-state index contributed by atoms with van der Waals surface area (Å²) in [6, 6.07) is 0.271. The molecule has 1 aromatic heterocycles. The van der Waals surface area contributed by atoms with Crippen LogP contribution in [-0.4, -0.2) is 36.1 Å². The van der Waals surface area contributed by atoms with Gasteiger partial charge in [-0.2, -0.15) is 0 Å². The van der Waals surface area contributed by atoms with Crippen LogP contribution in [0.3, 0.4) is 0 Å². The van der Waals surface area contributed by atoms with Crippen LogP contribution in [0.2, 0.25) is 0 Å². The van der Waals surface area contributed by atoms with E-state index >= 15 is 0 Å². The molecular formula is C13H23N3O. The van der Waals surface area contributed by atoms with E-state index in [1.807, 2.05) is 6.20 Å². The summed E-state index contributed by atoms with van der Waals surface area (Å²) in [4.78, 5) is 6.84. The standard InChI is InChI=1S/C13H23N3O/c1-10(16-7-5-14-6-8-16)12-15-9-11(17-12)13(2,3)4/h9-10,14H,5-8H2,1-4H3. The fourth-order valence-electron chi connectivity index (χ4n) is 2.05. The van der Waals surface area contributed by atoms with Crippen molar-refractivity contribution in [3.05, 3.63) is 17.8 Å². The summed E-state index contributed by atoms with van der Waals surface area (Å²) in [6.07, 6.45) is 1.87.